The molecular formula is C53H65N11O10S. The number of nitrogens with one attached hydrogen (secondary N) is 2. The number of rotatable bonds is 23. The van der Waals surface area contributed by atoms with Crippen LogP contribution in [0, 0.1) is 22.5 Å². The van der Waals surface area contributed by atoms with Crippen molar-refractivity contribution >= 4 is 51.6 Å². The number of hydrogen-bond acceptors (Lipinski definition) is 17. The second-order valence-electron chi connectivity index (χ2n) is 19.7. The van der Waals surface area contributed by atoms with Gasteiger partial charge >= 0.3 is 5.69 Å². The summed E-state index contributed by atoms with van der Waals surface area (Å²) < 4.78 is 24.9. The van der Waals surface area contributed by atoms with Gasteiger partial charge in [0.05, 0.1) is 78.2 Å². The Balaban J connectivity index is 0.709. The maximum atomic E-state index is 14.0. The number of benzene rings is 3. The third-order valence-electron chi connectivity index (χ3n) is 13.3. The van der Waals surface area contributed by atoms with E-state index in [9.17, 15) is 29.6 Å². The summed E-state index contributed by atoms with van der Waals surface area (Å²) in [5.74, 6) is -0.347. The number of ether oxygens (including phenoxy) is 4. The first-order valence-electron chi connectivity index (χ1n) is 25.2. The number of hydrogen-bond donors (Lipinski definition) is 4. The molecule has 0 unspecified atom stereocenters. The molecule has 2 fully saturated rings. The molecule has 0 radical (unpaired) electrons. The number of carbonyl (C=O) groups is 3. The molecule has 2 aliphatic heterocycles. The Bertz CT molecular complexity index is 2900. The molecule has 3 atom stereocenters. The summed E-state index contributed by atoms with van der Waals surface area (Å²) in [6.45, 7) is 12.1. The number of nitrogens with two attached hydrogens (primary N) is 1. The van der Waals surface area contributed by atoms with Gasteiger partial charge in [-0.15, -0.1) is 11.3 Å². The molecule has 0 aliphatic carbocycles. The minimum absolute atomic E-state index is 0.0129. The van der Waals surface area contributed by atoms with Gasteiger partial charge in [-0.1, -0.05) is 63.2 Å². The van der Waals surface area contributed by atoms with Crippen LogP contribution in [0.4, 0.5) is 11.5 Å². The molecule has 8 rings (SSSR count). The van der Waals surface area contributed by atoms with Crippen molar-refractivity contribution in [3.8, 4) is 33.2 Å². The summed E-state index contributed by atoms with van der Waals surface area (Å²) in [5.41, 5.74) is 11.7. The van der Waals surface area contributed by atoms with Crippen molar-refractivity contribution in [2.24, 2.45) is 5.41 Å². The Morgan fingerprint density at radius 1 is 0.920 bits per heavy atom. The van der Waals surface area contributed by atoms with Gasteiger partial charge in [-0.25, -0.2) is 19.6 Å². The molecule has 21 nitrogen and oxygen atoms in total. The molecule has 3 aromatic carbocycles. The Labute approximate surface area is 438 Å². The summed E-state index contributed by atoms with van der Waals surface area (Å²) in [6.07, 6.45) is 2.23. The van der Waals surface area contributed by atoms with Crippen molar-refractivity contribution in [3.05, 3.63) is 106 Å². The first kappa shape index (κ1) is 54.3. The number of aliphatic hydroxyl groups excluding tert-OH is 1. The predicted octanol–water partition coefficient (Wildman–Crippen LogP) is 6.09. The largest absolute Gasteiger partial charge is 0.450 e. The van der Waals surface area contributed by atoms with Gasteiger partial charge in [0, 0.05) is 57.2 Å². The van der Waals surface area contributed by atoms with Crippen LogP contribution in [0.15, 0.2) is 84.6 Å². The van der Waals surface area contributed by atoms with E-state index >= 15 is 0 Å². The van der Waals surface area contributed by atoms with Crippen molar-refractivity contribution < 1.29 is 43.4 Å². The van der Waals surface area contributed by atoms with E-state index in [0.717, 1.165) is 54.2 Å². The quantitative estimate of drug-likeness (QED) is 0.0321. The van der Waals surface area contributed by atoms with Crippen molar-refractivity contribution in [3.63, 3.8) is 0 Å². The van der Waals surface area contributed by atoms with E-state index in [1.165, 1.54) is 17.3 Å². The third-order valence-corrected chi connectivity index (χ3v) is 14.3. The third kappa shape index (κ3) is 13.9. The van der Waals surface area contributed by atoms with Gasteiger partial charge in [0.15, 0.2) is 5.65 Å². The normalized spacial score (nSPS) is 16.8. The number of thiazole rings is 1. The molecule has 75 heavy (non-hydrogen) atoms. The first-order valence-corrected chi connectivity index (χ1v) is 26.0. The zero-order valence-corrected chi connectivity index (χ0v) is 43.5. The average molecular weight is 1050 g/mol. The highest BCUT2D eigenvalue weighted by Gasteiger charge is 2.44. The Kier molecular flexibility index (Phi) is 18.1. The number of amides is 3. The van der Waals surface area contributed by atoms with Gasteiger partial charge in [-0.05, 0) is 60.6 Å². The lowest BCUT2D eigenvalue weighted by Gasteiger charge is -2.35. The standard InChI is InChI=1S/C53H65N11O10S/c1-34-47(75-33-58-34)36-12-10-35(11-13-36)30-55-51(67)42-29-39(65)31-62(42)52(68)48(53(2,3)4)59-44(66)18-22-71-24-26-73-27-25-72-23-21-61-19-16-38(17-20-61)63-50-45(49(54)56-32-57-50)46(60-63)37-14-15-43(41(28-37)64(69)70)74-40-8-6-5-7-9-40/h5-15,28,32-33,38-39,42,48,65H,16-27,29-31H2,1-4H3,(H,55,67)(H,59,66)(H2,54,56,57)/t39-,42+,48-/m1/s1. The van der Waals surface area contributed by atoms with E-state index in [1.807, 2.05) is 68.2 Å². The number of aryl methyl sites for hydroxylation is 1. The highest BCUT2D eigenvalue weighted by Crippen LogP contribution is 2.39. The molecular weight excluding hydrogens is 983 g/mol. The van der Waals surface area contributed by atoms with Crippen molar-refractivity contribution in [2.75, 3.05) is 71.6 Å². The zero-order chi connectivity index (χ0) is 53.1. The number of likely N-dealkylation sites (tertiary alicyclic amines) is 2. The minimum Gasteiger partial charge on any atom is -0.450 e. The molecule has 2 aliphatic rings. The Hall–Kier alpha value is -6.95. The number of nitro groups is 1. The van der Waals surface area contributed by atoms with Crippen molar-refractivity contribution in [2.45, 2.75) is 84.2 Å². The van der Waals surface area contributed by atoms with E-state index in [0.29, 0.717) is 54.5 Å². The number of piperidine rings is 1. The lowest BCUT2D eigenvalue weighted by molar-refractivity contribution is -0.385. The molecule has 3 aromatic heterocycles. The van der Waals surface area contributed by atoms with Crippen LogP contribution in [0.5, 0.6) is 11.5 Å². The fraction of sp³-hybridized carbons (Fsp3) is 0.453. The highest BCUT2D eigenvalue weighted by molar-refractivity contribution is 7.13. The van der Waals surface area contributed by atoms with E-state index in [-0.39, 0.29) is 74.3 Å². The number of anilines is 1. The summed E-state index contributed by atoms with van der Waals surface area (Å²) in [4.78, 5) is 70.1. The summed E-state index contributed by atoms with van der Waals surface area (Å²) in [7, 11) is 0. The molecule has 3 amide bonds. The van der Waals surface area contributed by atoms with Crippen LogP contribution < -0.4 is 21.1 Å². The van der Waals surface area contributed by atoms with Crippen LogP contribution in [0.3, 0.4) is 0 Å². The number of nitrogens with zero attached hydrogens (tertiary/aromatic N) is 8. The number of β-amino-alcohol motifs (C(OH)–C–C–N with tert-alkyl or cyclic N) is 1. The molecule has 0 spiro atoms. The Morgan fingerprint density at radius 2 is 1.61 bits per heavy atom. The number of para-hydroxylation sites is 1. The lowest BCUT2D eigenvalue weighted by Crippen LogP contribution is -2.57. The van der Waals surface area contributed by atoms with Gasteiger partial charge in [0.25, 0.3) is 0 Å². The number of nitro benzene ring substituents is 1. The fourth-order valence-corrected chi connectivity index (χ4v) is 10.1. The maximum absolute atomic E-state index is 14.0. The van der Waals surface area contributed by atoms with Crippen LogP contribution in [-0.2, 0) is 35.1 Å². The van der Waals surface area contributed by atoms with Crippen LogP contribution in [0.25, 0.3) is 32.7 Å². The van der Waals surface area contributed by atoms with E-state index in [1.54, 1.807) is 47.7 Å². The zero-order valence-electron chi connectivity index (χ0n) is 42.7. The van der Waals surface area contributed by atoms with Gasteiger partial charge < -0.3 is 50.2 Å². The van der Waals surface area contributed by atoms with E-state index < -0.39 is 34.4 Å². The Morgan fingerprint density at radius 3 is 2.29 bits per heavy atom. The fourth-order valence-electron chi connectivity index (χ4n) is 9.26. The molecule has 2 saturated heterocycles. The molecule has 5 heterocycles. The van der Waals surface area contributed by atoms with Gasteiger partial charge in [0.2, 0.25) is 23.5 Å². The molecule has 5 N–H and O–H groups in total. The monoisotopic (exact) mass is 1050 g/mol. The number of fused-ring (bicyclic) bond motifs is 1. The molecule has 6 aromatic rings. The first-order chi connectivity index (χ1) is 36.1. The topological polar surface area (TPSA) is 265 Å². The van der Waals surface area contributed by atoms with Crippen LogP contribution in [0.2, 0.25) is 0 Å². The summed E-state index contributed by atoms with van der Waals surface area (Å²) in [6, 6.07) is 19.7. The summed E-state index contributed by atoms with van der Waals surface area (Å²) in [5, 5.41) is 34.0. The average Bonchev–Trinajstić information content (AvgIpc) is 4.14. The second-order valence-corrected chi connectivity index (χ2v) is 20.6. The smallest absolute Gasteiger partial charge is 0.312 e. The molecule has 398 valence electrons. The van der Waals surface area contributed by atoms with Gasteiger partial charge in [0.1, 0.15) is 35.7 Å². The molecule has 22 heteroatoms. The second kappa shape index (κ2) is 25.1. The SMILES string of the molecule is Cc1ncsc1-c1ccc(CNC(=O)[C@@H]2C[C@@H](O)CN2C(=O)[C@@H](NC(=O)CCOCCOCCOCCN2CCC(n3nc(-c4ccc(Oc5ccccc5)c([N+](=O)[O-])c4)c4c(N)ncnc43)CC2)C(C)(C)C)cc1. The number of carbonyl (C=O) groups excluding carboxylic acids is 3. The predicted molar refractivity (Wildman–Crippen MR) is 282 cm³/mol. The lowest BCUT2D eigenvalue weighted by atomic mass is 9.85. The molecule has 0 bridgehead atoms. The van der Waals surface area contributed by atoms with E-state index in [4.69, 9.17) is 29.8 Å². The van der Waals surface area contributed by atoms with Gasteiger partial charge in [-0.2, -0.15) is 5.10 Å². The van der Waals surface area contributed by atoms with Crippen molar-refractivity contribution in [1.82, 2.24) is 45.2 Å². The number of aromatic nitrogens is 5. The maximum Gasteiger partial charge on any atom is 0.312 e. The van der Waals surface area contributed by atoms with Crippen LogP contribution in [-0.4, -0.2) is 146 Å². The van der Waals surface area contributed by atoms with E-state index in [2.05, 4.69) is 30.5 Å². The van der Waals surface area contributed by atoms with Crippen LogP contribution in [0.1, 0.15) is 63.8 Å². The number of nitrogen functional groups attached to an aromatic ring is 1. The van der Waals surface area contributed by atoms with Crippen LogP contribution >= 0.6 is 11.3 Å². The summed E-state index contributed by atoms with van der Waals surface area (Å²) >= 11 is 1.57. The minimum atomic E-state index is -0.940. The highest BCUT2D eigenvalue weighted by atomic mass is 32.1. The van der Waals surface area contributed by atoms with Crippen molar-refractivity contribution in [1.29, 1.82) is 0 Å². The van der Waals surface area contributed by atoms with Gasteiger partial charge in [-0.3, -0.25) is 24.5 Å². The number of aliphatic hydroxyl groups is 1. The molecule has 0 saturated carbocycles.